The Bertz CT molecular complexity index is 789. The summed E-state index contributed by atoms with van der Waals surface area (Å²) in [4.78, 5) is 16.8. The summed E-state index contributed by atoms with van der Waals surface area (Å²) in [7, 11) is 3.40. The Kier molecular flexibility index (Phi) is 4.53. The van der Waals surface area contributed by atoms with Crippen molar-refractivity contribution in [1.29, 1.82) is 0 Å². The fourth-order valence-corrected chi connectivity index (χ4v) is 3.04. The van der Waals surface area contributed by atoms with Gasteiger partial charge < -0.3 is 20.1 Å². The zero-order chi connectivity index (χ0) is 18.0. The number of aromatic nitrogens is 1. The lowest BCUT2D eigenvalue weighted by Crippen LogP contribution is -2.41. The normalized spacial score (nSPS) is 17.8. The maximum Gasteiger partial charge on any atom is 0.251 e. The van der Waals surface area contributed by atoms with Gasteiger partial charge in [0.2, 0.25) is 0 Å². The monoisotopic (exact) mass is 341 g/mol. The maximum atomic E-state index is 12.7. The number of pyridine rings is 1. The van der Waals surface area contributed by atoms with Gasteiger partial charge in [-0.05, 0) is 38.1 Å². The van der Waals surface area contributed by atoms with Crippen LogP contribution in [-0.2, 0) is 0 Å². The summed E-state index contributed by atoms with van der Waals surface area (Å²) in [5.74, 6) is 1.99. The number of methoxy groups -OCH3 is 1. The summed E-state index contributed by atoms with van der Waals surface area (Å²) in [5, 5.41) is 6.06. The number of carbonyl (C=O) groups is 1. The zero-order valence-corrected chi connectivity index (χ0v) is 14.9. The molecule has 0 fully saturated rings. The van der Waals surface area contributed by atoms with Crippen molar-refractivity contribution in [2.24, 2.45) is 0 Å². The van der Waals surface area contributed by atoms with E-state index in [-0.39, 0.29) is 17.6 Å². The lowest BCUT2D eigenvalue weighted by Gasteiger charge is -2.38. The van der Waals surface area contributed by atoms with E-state index in [1.165, 1.54) is 0 Å². The number of ether oxygens (including phenoxy) is 2. The Morgan fingerprint density at radius 3 is 2.84 bits per heavy atom. The van der Waals surface area contributed by atoms with E-state index in [1.807, 2.05) is 32.0 Å². The van der Waals surface area contributed by atoms with Crippen LogP contribution in [0.15, 0.2) is 36.5 Å². The van der Waals surface area contributed by atoms with E-state index < -0.39 is 0 Å². The van der Waals surface area contributed by atoms with Crippen molar-refractivity contribution in [3.05, 3.63) is 47.7 Å². The highest BCUT2D eigenvalue weighted by Gasteiger charge is 2.35. The first kappa shape index (κ1) is 17.1. The lowest BCUT2D eigenvalue weighted by atomic mass is 9.89. The van der Waals surface area contributed by atoms with Crippen LogP contribution in [0, 0.1) is 0 Å². The number of carbonyl (C=O) groups excluding carboxylic acids is 1. The second kappa shape index (κ2) is 6.63. The van der Waals surface area contributed by atoms with Crippen molar-refractivity contribution in [3.63, 3.8) is 0 Å². The predicted octanol–water partition coefficient (Wildman–Crippen LogP) is 3.16. The van der Waals surface area contributed by atoms with Crippen LogP contribution in [0.1, 0.15) is 42.2 Å². The molecular formula is C19H23N3O3. The van der Waals surface area contributed by atoms with E-state index >= 15 is 0 Å². The molecular weight excluding hydrogens is 318 g/mol. The molecule has 1 aliphatic heterocycles. The minimum absolute atomic E-state index is 0.136. The average molecular weight is 341 g/mol. The summed E-state index contributed by atoms with van der Waals surface area (Å²) in [6.07, 6.45) is 2.30. The van der Waals surface area contributed by atoms with Gasteiger partial charge in [-0.25, -0.2) is 4.98 Å². The summed E-state index contributed by atoms with van der Waals surface area (Å²) in [6.45, 7) is 4.03. The van der Waals surface area contributed by atoms with Gasteiger partial charge in [0.25, 0.3) is 5.91 Å². The van der Waals surface area contributed by atoms with Crippen LogP contribution < -0.4 is 20.1 Å². The van der Waals surface area contributed by atoms with Crippen LogP contribution in [0.2, 0.25) is 0 Å². The maximum absolute atomic E-state index is 12.7. The first-order valence-corrected chi connectivity index (χ1v) is 8.23. The first-order valence-electron chi connectivity index (χ1n) is 8.23. The van der Waals surface area contributed by atoms with Crippen molar-refractivity contribution < 1.29 is 14.3 Å². The molecule has 1 aromatic carbocycles. The molecule has 1 amide bonds. The van der Waals surface area contributed by atoms with E-state index in [9.17, 15) is 4.79 Å². The van der Waals surface area contributed by atoms with Gasteiger partial charge in [0.05, 0.1) is 13.2 Å². The molecule has 1 aromatic heterocycles. The molecule has 1 aliphatic rings. The molecule has 2 N–H and O–H groups in total. The number of anilines is 1. The summed E-state index contributed by atoms with van der Waals surface area (Å²) >= 11 is 0. The van der Waals surface area contributed by atoms with Gasteiger partial charge in [-0.3, -0.25) is 4.79 Å². The molecule has 0 saturated carbocycles. The van der Waals surface area contributed by atoms with Crippen molar-refractivity contribution in [1.82, 2.24) is 10.3 Å². The smallest absolute Gasteiger partial charge is 0.251 e. The molecule has 1 atom stereocenters. The number of rotatable bonds is 4. The van der Waals surface area contributed by atoms with E-state index in [2.05, 4.69) is 15.6 Å². The van der Waals surface area contributed by atoms with Gasteiger partial charge in [0.15, 0.2) is 0 Å². The SMILES string of the molecule is CNc1cc(C(=O)N[C@H]2CC(C)(C)Oc3cc(OC)ccc32)ccn1. The van der Waals surface area contributed by atoms with Gasteiger partial charge in [-0.2, -0.15) is 0 Å². The number of benzene rings is 1. The molecule has 0 spiro atoms. The van der Waals surface area contributed by atoms with E-state index in [4.69, 9.17) is 9.47 Å². The number of hydrogen-bond donors (Lipinski definition) is 2. The Hall–Kier alpha value is -2.76. The molecule has 3 rings (SSSR count). The van der Waals surface area contributed by atoms with Crippen molar-refractivity contribution in [2.45, 2.75) is 31.9 Å². The minimum Gasteiger partial charge on any atom is -0.497 e. The Morgan fingerprint density at radius 1 is 1.32 bits per heavy atom. The van der Waals surface area contributed by atoms with Crippen molar-refractivity contribution >= 4 is 11.7 Å². The highest BCUT2D eigenvalue weighted by atomic mass is 16.5. The second-order valence-electron chi connectivity index (χ2n) is 6.68. The van der Waals surface area contributed by atoms with Crippen LogP contribution in [0.3, 0.4) is 0 Å². The Morgan fingerprint density at radius 2 is 2.12 bits per heavy atom. The molecule has 0 bridgehead atoms. The third kappa shape index (κ3) is 3.68. The quantitative estimate of drug-likeness (QED) is 0.894. The largest absolute Gasteiger partial charge is 0.497 e. The minimum atomic E-state index is -0.383. The van der Waals surface area contributed by atoms with Gasteiger partial charge in [-0.1, -0.05) is 0 Å². The average Bonchev–Trinajstić information content (AvgIpc) is 2.60. The Balaban J connectivity index is 1.88. The van der Waals surface area contributed by atoms with Crippen LogP contribution in [0.25, 0.3) is 0 Å². The van der Waals surface area contributed by atoms with Crippen molar-refractivity contribution in [3.8, 4) is 11.5 Å². The third-order valence-corrected chi connectivity index (χ3v) is 4.26. The van der Waals surface area contributed by atoms with E-state index in [0.717, 1.165) is 17.1 Å². The molecule has 2 aromatic rings. The summed E-state index contributed by atoms with van der Waals surface area (Å²) < 4.78 is 11.3. The molecule has 0 aliphatic carbocycles. The van der Waals surface area contributed by atoms with Crippen molar-refractivity contribution in [2.75, 3.05) is 19.5 Å². The number of fused-ring (bicyclic) bond motifs is 1. The highest BCUT2D eigenvalue weighted by molar-refractivity contribution is 5.95. The van der Waals surface area contributed by atoms with Gasteiger partial charge >= 0.3 is 0 Å². The van der Waals surface area contributed by atoms with Gasteiger partial charge in [0, 0.05) is 36.9 Å². The van der Waals surface area contributed by atoms with Gasteiger partial charge in [0.1, 0.15) is 22.9 Å². The second-order valence-corrected chi connectivity index (χ2v) is 6.68. The number of hydrogen-bond acceptors (Lipinski definition) is 5. The first-order chi connectivity index (χ1) is 11.9. The molecule has 25 heavy (non-hydrogen) atoms. The van der Waals surface area contributed by atoms with Crippen LogP contribution in [0.5, 0.6) is 11.5 Å². The summed E-state index contributed by atoms with van der Waals surface area (Å²) in [5.41, 5.74) is 1.14. The van der Waals surface area contributed by atoms with Gasteiger partial charge in [-0.15, -0.1) is 0 Å². The fraction of sp³-hybridized carbons (Fsp3) is 0.368. The molecule has 6 heteroatoms. The fourth-order valence-electron chi connectivity index (χ4n) is 3.04. The van der Waals surface area contributed by atoms with Crippen LogP contribution in [0.4, 0.5) is 5.82 Å². The number of nitrogens with zero attached hydrogens (tertiary/aromatic N) is 1. The molecule has 0 saturated heterocycles. The molecule has 0 radical (unpaired) electrons. The number of amides is 1. The lowest BCUT2D eigenvalue weighted by molar-refractivity contribution is 0.0617. The zero-order valence-electron chi connectivity index (χ0n) is 14.9. The summed E-state index contributed by atoms with van der Waals surface area (Å²) in [6, 6.07) is 8.99. The Labute approximate surface area is 147 Å². The van der Waals surface area contributed by atoms with Crippen LogP contribution >= 0.6 is 0 Å². The van der Waals surface area contributed by atoms with E-state index in [0.29, 0.717) is 17.8 Å². The standard InChI is InChI=1S/C19H23N3O3/c1-19(2)11-15(14-6-5-13(24-4)10-16(14)25-19)22-18(23)12-7-8-21-17(9-12)20-3/h5-10,15H,11H2,1-4H3,(H,20,21)(H,22,23)/t15-/m0/s1. The van der Waals surface area contributed by atoms with Crippen LogP contribution in [-0.4, -0.2) is 30.6 Å². The molecule has 0 unspecified atom stereocenters. The van der Waals surface area contributed by atoms with E-state index in [1.54, 1.807) is 32.5 Å². The molecule has 6 nitrogen and oxygen atoms in total. The number of nitrogens with one attached hydrogen (secondary N) is 2. The molecule has 132 valence electrons. The topological polar surface area (TPSA) is 72.5 Å². The third-order valence-electron chi connectivity index (χ3n) is 4.26. The highest BCUT2D eigenvalue weighted by Crippen LogP contribution is 2.41. The molecule has 2 heterocycles. The predicted molar refractivity (Wildman–Crippen MR) is 96.3 cm³/mol.